The van der Waals surface area contributed by atoms with Gasteiger partial charge >= 0.3 is 12.0 Å². The Kier molecular flexibility index (Phi) is 5.38. The van der Waals surface area contributed by atoms with E-state index in [1.54, 1.807) is 0 Å². The van der Waals surface area contributed by atoms with Crippen molar-refractivity contribution in [3.05, 3.63) is 27.6 Å². The molecular weight excluding hydrogens is 390 g/mol. The van der Waals surface area contributed by atoms with Gasteiger partial charge in [-0.25, -0.2) is 9.18 Å². The van der Waals surface area contributed by atoms with Crippen LogP contribution in [-0.4, -0.2) is 23.7 Å². The van der Waals surface area contributed by atoms with E-state index in [1.165, 1.54) is 18.2 Å². The maximum absolute atomic E-state index is 13.0. The zero-order chi connectivity index (χ0) is 15.4. The van der Waals surface area contributed by atoms with Gasteiger partial charge in [-0.2, -0.15) is 0 Å². The number of amides is 2. The third kappa shape index (κ3) is 4.29. The Morgan fingerprint density at radius 3 is 2.81 bits per heavy atom. The van der Waals surface area contributed by atoms with Crippen LogP contribution >= 0.6 is 22.6 Å². The lowest BCUT2D eigenvalue weighted by molar-refractivity contribution is -0.142. The second-order valence-corrected chi connectivity index (χ2v) is 6.26. The number of hydrogen-bond acceptors (Lipinski definition) is 2. The van der Waals surface area contributed by atoms with E-state index in [-0.39, 0.29) is 17.7 Å². The molecule has 0 aromatic heterocycles. The summed E-state index contributed by atoms with van der Waals surface area (Å²) in [5.74, 6) is -1.56. The van der Waals surface area contributed by atoms with Gasteiger partial charge in [0.2, 0.25) is 0 Å². The molecule has 1 aromatic rings. The van der Waals surface area contributed by atoms with E-state index in [0.717, 1.165) is 12.8 Å². The number of nitrogens with one attached hydrogen (secondary N) is 2. The number of aliphatic carboxylic acids is 1. The van der Waals surface area contributed by atoms with E-state index < -0.39 is 12.0 Å². The van der Waals surface area contributed by atoms with Crippen molar-refractivity contribution >= 4 is 40.3 Å². The molecule has 0 saturated heterocycles. The number of carboxylic acid groups (broad SMARTS) is 1. The highest BCUT2D eigenvalue weighted by molar-refractivity contribution is 14.1. The predicted octanol–water partition coefficient (Wildman–Crippen LogP) is 3.05. The van der Waals surface area contributed by atoms with Crippen molar-refractivity contribution in [2.45, 2.75) is 19.3 Å². The number of carboxylic acids is 1. The number of halogens is 2. The van der Waals surface area contributed by atoms with Crippen LogP contribution in [0.4, 0.5) is 14.9 Å². The molecule has 1 saturated carbocycles. The number of rotatable bonds is 4. The number of carbonyl (C=O) groups is 2. The fourth-order valence-electron chi connectivity index (χ4n) is 2.59. The predicted molar refractivity (Wildman–Crippen MR) is 84.6 cm³/mol. The van der Waals surface area contributed by atoms with E-state index in [9.17, 15) is 14.0 Å². The molecule has 7 heteroatoms. The highest BCUT2D eigenvalue weighted by atomic mass is 127. The summed E-state index contributed by atoms with van der Waals surface area (Å²) in [6.45, 7) is 0.334. The van der Waals surface area contributed by atoms with Crippen molar-refractivity contribution in [1.82, 2.24) is 5.32 Å². The Labute approximate surface area is 135 Å². The molecule has 2 atom stereocenters. The summed E-state index contributed by atoms with van der Waals surface area (Å²) in [5, 5.41) is 14.4. The fourth-order valence-corrected chi connectivity index (χ4v) is 3.20. The molecule has 21 heavy (non-hydrogen) atoms. The summed E-state index contributed by atoms with van der Waals surface area (Å²) in [6, 6.07) is 3.69. The first-order valence-corrected chi connectivity index (χ1v) is 7.78. The summed E-state index contributed by atoms with van der Waals surface area (Å²) in [6.07, 6.45) is 2.35. The van der Waals surface area contributed by atoms with Crippen LogP contribution in [0.2, 0.25) is 0 Å². The van der Waals surface area contributed by atoms with Crippen molar-refractivity contribution in [2.24, 2.45) is 11.8 Å². The number of anilines is 1. The Bertz CT molecular complexity index is 553. The van der Waals surface area contributed by atoms with Gasteiger partial charge in [0, 0.05) is 10.1 Å². The summed E-state index contributed by atoms with van der Waals surface area (Å²) >= 11 is 1.94. The summed E-state index contributed by atoms with van der Waals surface area (Å²) in [7, 11) is 0. The highest BCUT2D eigenvalue weighted by Gasteiger charge is 2.32. The van der Waals surface area contributed by atoms with Crippen molar-refractivity contribution in [3.8, 4) is 0 Å². The molecule has 3 N–H and O–H groups in total. The lowest BCUT2D eigenvalue weighted by Gasteiger charge is -2.17. The monoisotopic (exact) mass is 406 g/mol. The largest absolute Gasteiger partial charge is 0.481 e. The van der Waals surface area contributed by atoms with E-state index in [0.29, 0.717) is 22.2 Å². The van der Waals surface area contributed by atoms with Gasteiger partial charge in [0.05, 0.1) is 11.6 Å². The molecule has 2 amide bonds. The van der Waals surface area contributed by atoms with Crippen LogP contribution < -0.4 is 10.6 Å². The molecule has 1 aliphatic rings. The van der Waals surface area contributed by atoms with Crippen LogP contribution in [0.1, 0.15) is 19.3 Å². The first-order chi connectivity index (χ1) is 9.97. The average molecular weight is 406 g/mol. The summed E-state index contributed by atoms with van der Waals surface area (Å²) in [5.41, 5.74) is 0.524. The lowest BCUT2D eigenvalue weighted by atomic mass is 9.96. The van der Waals surface area contributed by atoms with Gasteiger partial charge < -0.3 is 15.7 Å². The Morgan fingerprint density at radius 1 is 1.38 bits per heavy atom. The maximum Gasteiger partial charge on any atom is 0.319 e. The summed E-state index contributed by atoms with van der Waals surface area (Å²) < 4.78 is 13.6. The van der Waals surface area contributed by atoms with Crippen molar-refractivity contribution in [2.75, 3.05) is 11.9 Å². The first kappa shape index (κ1) is 16.0. The van der Waals surface area contributed by atoms with E-state index >= 15 is 0 Å². The fraction of sp³-hybridized carbons (Fsp3) is 0.429. The van der Waals surface area contributed by atoms with Gasteiger partial charge in [-0.3, -0.25) is 4.79 Å². The van der Waals surface area contributed by atoms with Crippen LogP contribution in [0.15, 0.2) is 18.2 Å². The third-order valence-electron chi connectivity index (χ3n) is 3.68. The molecular formula is C14H16FIN2O3. The van der Waals surface area contributed by atoms with E-state index in [2.05, 4.69) is 10.6 Å². The SMILES string of the molecule is O=C(NCC1CCCC1C(=O)O)Nc1ccc(F)cc1I. The molecule has 0 bridgehead atoms. The number of hydrogen-bond donors (Lipinski definition) is 3. The van der Waals surface area contributed by atoms with Gasteiger partial charge in [0.1, 0.15) is 5.82 Å². The number of urea groups is 1. The average Bonchev–Trinajstić information content (AvgIpc) is 2.88. The van der Waals surface area contributed by atoms with Crippen molar-refractivity contribution in [1.29, 1.82) is 0 Å². The van der Waals surface area contributed by atoms with Gasteiger partial charge in [-0.15, -0.1) is 0 Å². The minimum Gasteiger partial charge on any atom is -0.481 e. The Balaban J connectivity index is 1.86. The van der Waals surface area contributed by atoms with Crippen LogP contribution in [0, 0.1) is 21.2 Å². The lowest BCUT2D eigenvalue weighted by Crippen LogP contribution is -2.35. The minimum atomic E-state index is -0.798. The molecule has 2 unspecified atom stereocenters. The highest BCUT2D eigenvalue weighted by Crippen LogP contribution is 2.31. The second-order valence-electron chi connectivity index (χ2n) is 5.09. The van der Waals surface area contributed by atoms with Gasteiger partial charge in [0.15, 0.2) is 0 Å². The minimum absolute atomic E-state index is 0.0273. The zero-order valence-corrected chi connectivity index (χ0v) is 13.4. The zero-order valence-electron chi connectivity index (χ0n) is 11.2. The molecule has 0 aliphatic heterocycles. The topological polar surface area (TPSA) is 78.4 Å². The third-order valence-corrected chi connectivity index (χ3v) is 4.57. The number of benzene rings is 1. The molecule has 2 rings (SSSR count). The number of carbonyl (C=O) groups excluding carboxylic acids is 1. The molecule has 114 valence electrons. The quantitative estimate of drug-likeness (QED) is 0.673. The van der Waals surface area contributed by atoms with Crippen LogP contribution in [-0.2, 0) is 4.79 Å². The molecule has 1 aliphatic carbocycles. The smallest absolute Gasteiger partial charge is 0.319 e. The second kappa shape index (κ2) is 7.06. The Morgan fingerprint density at radius 2 is 2.14 bits per heavy atom. The Hall–Kier alpha value is -1.38. The molecule has 0 radical (unpaired) electrons. The van der Waals surface area contributed by atoms with Gasteiger partial charge in [-0.05, 0) is 59.5 Å². The van der Waals surface area contributed by atoms with Crippen molar-refractivity contribution < 1.29 is 19.1 Å². The molecule has 0 heterocycles. The van der Waals surface area contributed by atoms with Crippen LogP contribution in [0.3, 0.4) is 0 Å². The summed E-state index contributed by atoms with van der Waals surface area (Å²) in [4.78, 5) is 22.9. The molecule has 5 nitrogen and oxygen atoms in total. The molecule has 1 fully saturated rings. The normalized spacial score (nSPS) is 21.0. The van der Waals surface area contributed by atoms with Crippen LogP contribution in [0.5, 0.6) is 0 Å². The van der Waals surface area contributed by atoms with E-state index in [1.807, 2.05) is 22.6 Å². The first-order valence-electron chi connectivity index (χ1n) is 6.70. The van der Waals surface area contributed by atoms with Crippen LogP contribution in [0.25, 0.3) is 0 Å². The standard InChI is InChI=1S/C14H16FIN2O3/c15-9-4-5-12(11(16)6-9)18-14(21)17-7-8-2-1-3-10(8)13(19)20/h4-6,8,10H,1-3,7H2,(H,19,20)(H2,17,18,21). The van der Waals surface area contributed by atoms with Crippen molar-refractivity contribution in [3.63, 3.8) is 0 Å². The molecule has 1 aromatic carbocycles. The van der Waals surface area contributed by atoms with Gasteiger partial charge in [0.25, 0.3) is 0 Å². The van der Waals surface area contributed by atoms with Gasteiger partial charge in [-0.1, -0.05) is 6.42 Å². The molecule has 0 spiro atoms. The van der Waals surface area contributed by atoms with E-state index in [4.69, 9.17) is 5.11 Å². The maximum atomic E-state index is 13.0.